The first-order chi connectivity index (χ1) is 7.00. The monoisotopic (exact) mass is 247 g/mol. The van der Waals surface area contributed by atoms with E-state index in [1.165, 1.54) is 0 Å². The average molecular weight is 248 g/mol. The zero-order valence-corrected chi connectivity index (χ0v) is 10.4. The zero-order chi connectivity index (χ0) is 11.4. The van der Waals surface area contributed by atoms with Gasteiger partial charge in [0.1, 0.15) is 0 Å². The summed E-state index contributed by atoms with van der Waals surface area (Å²) in [6.45, 7) is 0.820. The molecule has 0 aliphatic rings. The molecule has 0 fully saturated rings. The minimum Gasteiger partial charge on any atom is -0.388 e. The molecular weight excluding hydrogens is 233 g/mol. The summed E-state index contributed by atoms with van der Waals surface area (Å²) in [4.78, 5) is 2.02. The normalized spacial score (nSPS) is 13.2. The molecule has 0 bridgehead atoms. The van der Waals surface area contributed by atoms with Crippen LogP contribution in [0.1, 0.15) is 18.1 Å². The second-order valence-electron chi connectivity index (χ2n) is 3.77. The van der Waals surface area contributed by atoms with Crippen LogP contribution in [0.5, 0.6) is 0 Å². The SMILES string of the molecule is CN(C)CCC(O)c1ccc(Cl)cc1Cl. The van der Waals surface area contributed by atoms with Crippen molar-refractivity contribution >= 4 is 23.2 Å². The zero-order valence-electron chi connectivity index (χ0n) is 8.87. The number of benzene rings is 1. The molecule has 0 spiro atoms. The average Bonchev–Trinajstić information content (AvgIpc) is 2.14. The van der Waals surface area contributed by atoms with Crippen LogP contribution in [0.15, 0.2) is 18.2 Å². The second kappa shape index (κ2) is 5.71. The molecule has 1 rings (SSSR count). The Morgan fingerprint density at radius 3 is 2.53 bits per heavy atom. The third kappa shape index (κ3) is 3.99. The lowest BCUT2D eigenvalue weighted by molar-refractivity contribution is 0.154. The molecule has 1 atom stereocenters. The molecule has 0 aromatic heterocycles. The van der Waals surface area contributed by atoms with Gasteiger partial charge in [-0.2, -0.15) is 0 Å². The van der Waals surface area contributed by atoms with Gasteiger partial charge in [-0.25, -0.2) is 0 Å². The first-order valence-electron chi connectivity index (χ1n) is 4.78. The minimum absolute atomic E-state index is 0.522. The van der Waals surface area contributed by atoms with Gasteiger partial charge in [-0.05, 0) is 38.2 Å². The molecule has 1 N–H and O–H groups in total. The Morgan fingerprint density at radius 2 is 2.00 bits per heavy atom. The Hall–Kier alpha value is -0.280. The van der Waals surface area contributed by atoms with Crippen molar-refractivity contribution in [3.63, 3.8) is 0 Å². The molecule has 0 aliphatic heterocycles. The maximum atomic E-state index is 9.89. The molecule has 0 radical (unpaired) electrons. The highest BCUT2D eigenvalue weighted by atomic mass is 35.5. The number of nitrogens with zero attached hydrogens (tertiary/aromatic N) is 1. The number of aliphatic hydroxyl groups excluding tert-OH is 1. The number of halogens is 2. The van der Waals surface area contributed by atoms with E-state index >= 15 is 0 Å². The molecule has 15 heavy (non-hydrogen) atoms. The lowest BCUT2D eigenvalue weighted by Gasteiger charge is -2.15. The van der Waals surface area contributed by atoms with Gasteiger partial charge in [-0.15, -0.1) is 0 Å². The van der Waals surface area contributed by atoms with Crippen molar-refractivity contribution in [1.29, 1.82) is 0 Å². The van der Waals surface area contributed by atoms with Crippen molar-refractivity contribution in [3.8, 4) is 0 Å². The molecule has 84 valence electrons. The predicted octanol–water partition coefficient (Wildman–Crippen LogP) is 2.98. The first kappa shape index (κ1) is 12.8. The van der Waals surface area contributed by atoms with Crippen LogP contribution in [0.4, 0.5) is 0 Å². The van der Waals surface area contributed by atoms with Crippen LogP contribution in [-0.2, 0) is 0 Å². The molecule has 4 heteroatoms. The van der Waals surface area contributed by atoms with E-state index in [1.54, 1.807) is 18.2 Å². The molecule has 0 saturated heterocycles. The Morgan fingerprint density at radius 1 is 1.33 bits per heavy atom. The van der Waals surface area contributed by atoms with E-state index in [0.29, 0.717) is 16.5 Å². The first-order valence-corrected chi connectivity index (χ1v) is 5.54. The van der Waals surface area contributed by atoms with Gasteiger partial charge in [0.15, 0.2) is 0 Å². The Bertz CT molecular complexity index is 328. The molecule has 1 aromatic carbocycles. The second-order valence-corrected chi connectivity index (χ2v) is 4.62. The third-order valence-electron chi connectivity index (χ3n) is 2.17. The van der Waals surface area contributed by atoms with Crippen LogP contribution in [0.2, 0.25) is 10.0 Å². The van der Waals surface area contributed by atoms with Gasteiger partial charge in [0, 0.05) is 16.6 Å². The summed E-state index contributed by atoms with van der Waals surface area (Å²) in [6.07, 6.45) is 0.131. The highest BCUT2D eigenvalue weighted by molar-refractivity contribution is 6.35. The summed E-state index contributed by atoms with van der Waals surface area (Å²) >= 11 is 11.8. The van der Waals surface area contributed by atoms with Crippen molar-refractivity contribution in [2.24, 2.45) is 0 Å². The maximum absolute atomic E-state index is 9.89. The van der Waals surface area contributed by atoms with Crippen LogP contribution in [0.25, 0.3) is 0 Å². The number of aliphatic hydroxyl groups is 1. The van der Waals surface area contributed by atoms with Gasteiger partial charge in [-0.1, -0.05) is 29.3 Å². The van der Waals surface area contributed by atoms with E-state index < -0.39 is 6.10 Å². The maximum Gasteiger partial charge on any atom is 0.0816 e. The van der Waals surface area contributed by atoms with Gasteiger partial charge in [-0.3, -0.25) is 0 Å². The standard InChI is InChI=1S/C11H15Cl2NO/c1-14(2)6-5-11(15)9-4-3-8(12)7-10(9)13/h3-4,7,11,15H,5-6H2,1-2H3. The number of hydrogen-bond donors (Lipinski definition) is 1. The van der Waals surface area contributed by atoms with Gasteiger partial charge >= 0.3 is 0 Å². The van der Waals surface area contributed by atoms with Crippen molar-refractivity contribution in [2.45, 2.75) is 12.5 Å². The van der Waals surface area contributed by atoms with Crippen LogP contribution >= 0.6 is 23.2 Å². The molecular formula is C11H15Cl2NO. The van der Waals surface area contributed by atoms with Gasteiger partial charge in [0.05, 0.1) is 6.10 Å². The lowest BCUT2D eigenvalue weighted by atomic mass is 10.1. The van der Waals surface area contributed by atoms with Crippen molar-refractivity contribution in [2.75, 3.05) is 20.6 Å². The molecule has 2 nitrogen and oxygen atoms in total. The lowest BCUT2D eigenvalue weighted by Crippen LogP contribution is -2.16. The topological polar surface area (TPSA) is 23.5 Å². The third-order valence-corrected chi connectivity index (χ3v) is 2.73. The molecule has 0 amide bonds. The van der Waals surface area contributed by atoms with Gasteiger partial charge < -0.3 is 10.0 Å². The van der Waals surface area contributed by atoms with Crippen molar-refractivity contribution in [1.82, 2.24) is 4.90 Å². The van der Waals surface area contributed by atoms with E-state index in [0.717, 1.165) is 12.1 Å². The molecule has 0 aliphatic carbocycles. The van der Waals surface area contributed by atoms with Crippen molar-refractivity contribution in [3.05, 3.63) is 33.8 Å². The Labute approximate surface area is 100 Å². The molecule has 0 heterocycles. The molecule has 0 saturated carbocycles. The summed E-state index contributed by atoms with van der Waals surface area (Å²) in [5.41, 5.74) is 0.739. The Kier molecular flexibility index (Phi) is 4.87. The van der Waals surface area contributed by atoms with Gasteiger partial charge in [0.25, 0.3) is 0 Å². The predicted molar refractivity (Wildman–Crippen MR) is 64.6 cm³/mol. The summed E-state index contributed by atoms with van der Waals surface area (Å²) < 4.78 is 0. The van der Waals surface area contributed by atoms with Crippen LogP contribution < -0.4 is 0 Å². The highest BCUT2D eigenvalue weighted by Gasteiger charge is 2.11. The fourth-order valence-corrected chi connectivity index (χ4v) is 1.84. The summed E-state index contributed by atoms with van der Waals surface area (Å²) in [7, 11) is 3.94. The van der Waals surface area contributed by atoms with Crippen LogP contribution in [-0.4, -0.2) is 30.6 Å². The summed E-state index contributed by atoms with van der Waals surface area (Å²) in [6, 6.07) is 5.16. The number of rotatable bonds is 4. The minimum atomic E-state index is -0.530. The fraction of sp³-hybridized carbons (Fsp3) is 0.455. The van der Waals surface area contributed by atoms with E-state index in [4.69, 9.17) is 23.2 Å². The largest absolute Gasteiger partial charge is 0.388 e. The summed E-state index contributed by atoms with van der Waals surface area (Å²) in [5.74, 6) is 0. The highest BCUT2D eigenvalue weighted by Crippen LogP contribution is 2.27. The van der Waals surface area contributed by atoms with Crippen LogP contribution in [0, 0.1) is 0 Å². The van der Waals surface area contributed by atoms with Gasteiger partial charge in [0.2, 0.25) is 0 Å². The fourth-order valence-electron chi connectivity index (χ4n) is 1.31. The van der Waals surface area contributed by atoms with E-state index in [-0.39, 0.29) is 0 Å². The van der Waals surface area contributed by atoms with Crippen molar-refractivity contribution < 1.29 is 5.11 Å². The quantitative estimate of drug-likeness (QED) is 0.885. The number of hydrogen-bond acceptors (Lipinski definition) is 2. The van der Waals surface area contributed by atoms with E-state index in [2.05, 4.69) is 0 Å². The van der Waals surface area contributed by atoms with E-state index in [1.807, 2.05) is 19.0 Å². The van der Waals surface area contributed by atoms with Crippen LogP contribution in [0.3, 0.4) is 0 Å². The smallest absolute Gasteiger partial charge is 0.0816 e. The Balaban J connectivity index is 2.69. The van der Waals surface area contributed by atoms with E-state index in [9.17, 15) is 5.11 Å². The molecule has 1 aromatic rings. The summed E-state index contributed by atoms with van der Waals surface area (Å²) in [5, 5.41) is 11.0. The molecule has 1 unspecified atom stereocenters.